The lowest BCUT2D eigenvalue weighted by atomic mass is 10.0. The van der Waals surface area contributed by atoms with Gasteiger partial charge in [0, 0.05) is 18.0 Å². The Hall–Kier alpha value is -2.87. The van der Waals surface area contributed by atoms with E-state index in [-0.39, 0.29) is 5.91 Å². The van der Waals surface area contributed by atoms with Crippen LogP contribution in [0.25, 0.3) is 22.9 Å². The van der Waals surface area contributed by atoms with Crippen LogP contribution in [0.1, 0.15) is 23.6 Å². The summed E-state index contributed by atoms with van der Waals surface area (Å²) in [5.41, 5.74) is 4.34. The minimum absolute atomic E-state index is 0.0604. The van der Waals surface area contributed by atoms with E-state index in [9.17, 15) is 4.79 Å². The van der Waals surface area contributed by atoms with E-state index in [0.29, 0.717) is 0 Å². The van der Waals surface area contributed by atoms with E-state index in [1.54, 1.807) is 0 Å². The Labute approximate surface area is 136 Å². The van der Waals surface area contributed by atoms with Crippen LogP contribution in [0.4, 0.5) is 5.69 Å². The SMILES string of the molecule is CC(=O)Nc1cccc2cccc(/C=C/c3ccc(C)cc3)c12. The molecule has 23 heavy (non-hydrogen) atoms. The first-order valence-corrected chi connectivity index (χ1v) is 7.67. The molecule has 0 aliphatic carbocycles. The molecule has 0 unspecified atom stereocenters. The van der Waals surface area contributed by atoms with Gasteiger partial charge in [0.15, 0.2) is 0 Å². The zero-order valence-electron chi connectivity index (χ0n) is 13.3. The zero-order chi connectivity index (χ0) is 16.2. The number of benzene rings is 3. The van der Waals surface area contributed by atoms with Gasteiger partial charge in [0.05, 0.1) is 0 Å². The van der Waals surface area contributed by atoms with Crippen molar-refractivity contribution in [2.75, 3.05) is 5.32 Å². The molecule has 3 aromatic rings. The highest BCUT2D eigenvalue weighted by Crippen LogP contribution is 2.28. The van der Waals surface area contributed by atoms with Crippen molar-refractivity contribution in [2.45, 2.75) is 13.8 Å². The van der Waals surface area contributed by atoms with Crippen molar-refractivity contribution in [3.05, 3.63) is 77.4 Å². The summed E-state index contributed by atoms with van der Waals surface area (Å²) >= 11 is 0. The van der Waals surface area contributed by atoms with E-state index in [4.69, 9.17) is 0 Å². The monoisotopic (exact) mass is 301 g/mol. The van der Waals surface area contributed by atoms with Gasteiger partial charge in [0.1, 0.15) is 0 Å². The van der Waals surface area contributed by atoms with Crippen LogP contribution in [-0.2, 0) is 4.79 Å². The largest absolute Gasteiger partial charge is 0.326 e. The van der Waals surface area contributed by atoms with Gasteiger partial charge in [-0.15, -0.1) is 0 Å². The number of nitrogens with one attached hydrogen (secondary N) is 1. The van der Waals surface area contributed by atoms with Gasteiger partial charge in [-0.25, -0.2) is 0 Å². The number of fused-ring (bicyclic) bond motifs is 1. The third-order valence-electron chi connectivity index (χ3n) is 3.78. The predicted octanol–water partition coefficient (Wildman–Crippen LogP) is 5.28. The molecule has 3 aromatic carbocycles. The van der Waals surface area contributed by atoms with E-state index in [1.165, 1.54) is 12.5 Å². The van der Waals surface area contributed by atoms with Gasteiger partial charge in [-0.05, 0) is 29.5 Å². The highest BCUT2D eigenvalue weighted by atomic mass is 16.1. The minimum Gasteiger partial charge on any atom is -0.326 e. The third-order valence-corrected chi connectivity index (χ3v) is 3.78. The van der Waals surface area contributed by atoms with Crippen molar-refractivity contribution < 1.29 is 4.79 Å². The summed E-state index contributed by atoms with van der Waals surface area (Å²) in [6, 6.07) is 20.5. The number of rotatable bonds is 3. The molecular weight excluding hydrogens is 282 g/mol. The molecule has 0 radical (unpaired) electrons. The molecule has 0 spiro atoms. The lowest BCUT2D eigenvalue weighted by Gasteiger charge is -2.10. The average molecular weight is 301 g/mol. The molecule has 3 rings (SSSR count). The second-order valence-corrected chi connectivity index (χ2v) is 5.68. The maximum Gasteiger partial charge on any atom is 0.221 e. The van der Waals surface area contributed by atoms with Gasteiger partial charge >= 0.3 is 0 Å². The highest BCUT2D eigenvalue weighted by molar-refractivity contribution is 6.06. The topological polar surface area (TPSA) is 29.1 Å². The summed E-state index contributed by atoms with van der Waals surface area (Å²) in [6.07, 6.45) is 4.19. The standard InChI is InChI=1S/C21H19NO/c1-15-9-11-17(12-10-15)13-14-19-6-3-5-18-7-4-8-20(21(18)19)22-16(2)23/h3-14H,1-2H3,(H,22,23)/b14-13+. The smallest absolute Gasteiger partial charge is 0.221 e. The summed E-state index contributed by atoms with van der Waals surface area (Å²) in [7, 11) is 0. The number of carbonyl (C=O) groups excluding carboxylic acids is 1. The molecule has 2 heteroatoms. The summed E-state index contributed by atoms with van der Waals surface area (Å²) in [5, 5.41) is 5.10. The summed E-state index contributed by atoms with van der Waals surface area (Å²) in [6.45, 7) is 3.61. The Morgan fingerprint density at radius 2 is 1.61 bits per heavy atom. The van der Waals surface area contributed by atoms with Crippen molar-refractivity contribution in [1.82, 2.24) is 0 Å². The van der Waals surface area contributed by atoms with Gasteiger partial charge in [0.2, 0.25) is 5.91 Å². The van der Waals surface area contributed by atoms with E-state index in [0.717, 1.165) is 27.6 Å². The number of hydrogen-bond donors (Lipinski definition) is 1. The number of anilines is 1. The normalized spacial score (nSPS) is 11.0. The molecule has 0 aliphatic rings. The van der Waals surface area contributed by atoms with Gasteiger partial charge in [-0.3, -0.25) is 4.79 Å². The number of carbonyl (C=O) groups is 1. The van der Waals surface area contributed by atoms with E-state index < -0.39 is 0 Å². The Bertz CT molecular complexity index is 871. The molecule has 0 fully saturated rings. The Kier molecular flexibility index (Phi) is 4.24. The first kappa shape index (κ1) is 15.0. The summed E-state index contributed by atoms with van der Waals surface area (Å²) in [4.78, 5) is 11.5. The van der Waals surface area contributed by atoms with Crippen LogP contribution in [-0.4, -0.2) is 5.91 Å². The van der Waals surface area contributed by atoms with Gasteiger partial charge < -0.3 is 5.32 Å². The number of amides is 1. The number of hydrogen-bond acceptors (Lipinski definition) is 1. The molecule has 0 saturated heterocycles. The van der Waals surface area contributed by atoms with Crippen LogP contribution in [0.15, 0.2) is 60.7 Å². The molecule has 1 amide bonds. The zero-order valence-corrected chi connectivity index (χ0v) is 13.3. The average Bonchev–Trinajstić information content (AvgIpc) is 2.54. The van der Waals surface area contributed by atoms with Crippen molar-refractivity contribution in [2.24, 2.45) is 0 Å². The van der Waals surface area contributed by atoms with Crippen LogP contribution >= 0.6 is 0 Å². The molecule has 0 saturated carbocycles. The molecule has 0 bridgehead atoms. The van der Waals surface area contributed by atoms with Crippen LogP contribution in [0.2, 0.25) is 0 Å². The second-order valence-electron chi connectivity index (χ2n) is 5.68. The van der Waals surface area contributed by atoms with Gasteiger partial charge in [-0.2, -0.15) is 0 Å². The van der Waals surface area contributed by atoms with Crippen LogP contribution < -0.4 is 5.32 Å². The first-order chi connectivity index (χ1) is 11.1. The first-order valence-electron chi connectivity index (χ1n) is 7.67. The Morgan fingerprint density at radius 1 is 0.913 bits per heavy atom. The molecule has 114 valence electrons. The predicted molar refractivity (Wildman–Crippen MR) is 98.4 cm³/mol. The molecule has 1 N–H and O–H groups in total. The molecule has 2 nitrogen and oxygen atoms in total. The molecule has 0 aromatic heterocycles. The van der Waals surface area contributed by atoms with E-state index >= 15 is 0 Å². The summed E-state index contributed by atoms with van der Waals surface area (Å²) < 4.78 is 0. The molecule has 0 heterocycles. The van der Waals surface area contributed by atoms with Crippen LogP contribution in [0.3, 0.4) is 0 Å². The van der Waals surface area contributed by atoms with Crippen molar-refractivity contribution in [1.29, 1.82) is 0 Å². The molecular formula is C21H19NO. The van der Waals surface area contributed by atoms with Crippen molar-refractivity contribution >= 4 is 34.5 Å². The second kappa shape index (κ2) is 6.49. The molecule has 0 atom stereocenters. The van der Waals surface area contributed by atoms with Crippen LogP contribution in [0.5, 0.6) is 0 Å². The van der Waals surface area contributed by atoms with Crippen molar-refractivity contribution in [3.63, 3.8) is 0 Å². The maximum atomic E-state index is 11.5. The number of aryl methyl sites for hydroxylation is 1. The van der Waals surface area contributed by atoms with Crippen molar-refractivity contribution in [3.8, 4) is 0 Å². The van der Waals surface area contributed by atoms with Crippen LogP contribution in [0, 0.1) is 6.92 Å². The van der Waals surface area contributed by atoms with E-state index in [1.807, 2.05) is 18.2 Å². The lowest BCUT2D eigenvalue weighted by molar-refractivity contribution is -0.114. The fourth-order valence-electron chi connectivity index (χ4n) is 2.67. The Balaban J connectivity index is 2.06. The quantitative estimate of drug-likeness (QED) is 0.655. The third kappa shape index (κ3) is 3.49. The highest BCUT2D eigenvalue weighted by Gasteiger charge is 2.05. The lowest BCUT2D eigenvalue weighted by Crippen LogP contribution is -2.06. The van der Waals surface area contributed by atoms with Gasteiger partial charge in [0.25, 0.3) is 0 Å². The fraction of sp³-hybridized carbons (Fsp3) is 0.0952. The minimum atomic E-state index is -0.0604. The molecule has 0 aliphatic heterocycles. The van der Waals surface area contributed by atoms with Gasteiger partial charge in [-0.1, -0.05) is 72.3 Å². The summed E-state index contributed by atoms with van der Waals surface area (Å²) in [5.74, 6) is -0.0604. The Morgan fingerprint density at radius 3 is 2.30 bits per heavy atom. The maximum absolute atomic E-state index is 11.5. The van der Waals surface area contributed by atoms with E-state index in [2.05, 4.69) is 66.9 Å². The fourth-order valence-corrected chi connectivity index (χ4v) is 2.67.